The molecule has 1 aromatic rings. The van der Waals surface area contributed by atoms with Crippen molar-refractivity contribution in [1.82, 2.24) is 0 Å². The average molecular weight is 260 g/mol. The van der Waals surface area contributed by atoms with Gasteiger partial charge in [0, 0.05) is 0 Å². The van der Waals surface area contributed by atoms with E-state index in [9.17, 15) is 17.6 Å². The second kappa shape index (κ2) is 4.70. The summed E-state index contributed by atoms with van der Waals surface area (Å²) in [5.41, 5.74) is 5.28. The standard InChI is InChI=1S/C10H13FN2O3S/c1-7(10(12)14)13(17(2,15)16)9-5-3-8(11)4-6-9/h3-7H,1-2H3,(H2,12,14). The molecular formula is C10H13FN2O3S. The third-order valence-corrected chi connectivity index (χ3v) is 3.44. The maximum atomic E-state index is 12.7. The van der Waals surface area contributed by atoms with Crippen LogP contribution in [-0.4, -0.2) is 26.6 Å². The lowest BCUT2D eigenvalue weighted by Gasteiger charge is -2.26. The topological polar surface area (TPSA) is 80.5 Å². The number of hydrogen-bond donors (Lipinski definition) is 1. The molecule has 0 spiro atoms. The van der Waals surface area contributed by atoms with Gasteiger partial charge in [-0.05, 0) is 31.2 Å². The number of halogens is 1. The molecule has 0 aliphatic rings. The van der Waals surface area contributed by atoms with Gasteiger partial charge in [0.25, 0.3) is 0 Å². The fourth-order valence-electron chi connectivity index (χ4n) is 1.41. The SMILES string of the molecule is CC(C(N)=O)N(c1ccc(F)cc1)S(C)(=O)=O. The fourth-order valence-corrected chi connectivity index (χ4v) is 2.59. The summed E-state index contributed by atoms with van der Waals surface area (Å²) >= 11 is 0. The molecule has 0 fully saturated rings. The summed E-state index contributed by atoms with van der Waals surface area (Å²) in [5.74, 6) is -1.27. The molecule has 1 rings (SSSR count). The first-order valence-electron chi connectivity index (χ1n) is 4.78. The maximum absolute atomic E-state index is 12.7. The molecule has 0 saturated heterocycles. The van der Waals surface area contributed by atoms with E-state index >= 15 is 0 Å². The summed E-state index contributed by atoms with van der Waals surface area (Å²) in [4.78, 5) is 11.1. The summed E-state index contributed by atoms with van der Waals surface area (Å²) < 4.78 is 36.8. The lowest BCUT2D eigenvalue weighted by atomic mass is 10.2. The van der Waals surface area contributed by atoms with Crippen molar-refractivity contribution in [3.8, 4) is 0 Å². The average Bonchev–Trinajstić information content (AvgIpc) is 2.19. The first-order chi connectivity index (χ1) is 7.73. The molecule has 5 nitrogen and oxygen atoms in total. The van der Waals surface area contributed by atoms with Crippen molar-refractivity contribution < 1.29 is 17.6 Å². The Balaban J connectivity index is 3.25. The van der Waals surface area contributed by atoms with Gasteiger partial charge < -0.3 is 5.73 Å². The molecule has 0 radical (unpaired) electrons. The van der Waals surface area contributed by atoms with Crippen LogP contribution in [-0.2, 0) is 14.8 Å². The number of sulfonamides is 1. The minimum Gasteiger partial charge on any atom is -0.368 e. The van der Waals surface area contributed by atoms with Gasteiger partial charge in [0.05, 0.1) is 11.9 Å². The minimum atomic E-state index is -3.67. The Morgan fingerprint density at radius 2 is 1.82 bits per heavy atom. The van der Waals surface area contributed by atoms with Crippen LogP contribution in [0.25, 0.3) is 0 Å². The van der Waals surface area contributed by atoms with Gasteiger partial charge in [-0.3, -0.25) is 9.10 Å². The van der Waals surface area contributed by atoms with Crippen molar-refractivity contribution in [2.75, 3.05) is 10.6 Å². The second-order valence-corrected chi connectivity index (χ2v) is 5.47. The summed E-state index contributed by atoms with van der Waals surface area (Å²) in [6, 6.07) is 3.74. The highest BCUT2D eigenvalue weighted by Gasteiger charge is 2.27. The van der Waals surface area contributed by atoms with Crippen molar-refractivity contribution in [2.24, 2.45) is 5.73 Å². The normalized spacial score (nSPS) is 13.1. The van der Waals surface area contributed by atoms with Crippen molar-refractivity contribution in [3.63, 3.8) is 0 Å². The highest BCUT2D eigenvalue weighted by molar-refractivity contribution is 7.92. The Kier molecular flexibility index (Phi) is 3.72. The molecule has 17 heavy (non-hydrogen) atoms. The number of benzene rings is 1. The number of nitrogens with zero attached hydrogens (tertiary/aromatic N) is 1. The van der Waals surface area contributed by atoms with Gasteiger partial charge in [0.1, 0.15) is 11.9 Å². The number of amides is 1. The van der Waals surface area contributed by atoms with Gasteiger partial charge in [-0.1, -0.05) is 0 Å². The van der Waals surface area contributed by atoms with Crippen LogP contribution in [0.2, 0.25) is 0 Å². The summed E-state index contributed by atoms with van der Waals surface area (Å²) in [5, 5.41) is 0. The Morgan fingerprint density at radius 1 is 1.35 bits per heavy atom. The predicted octanol–water partition coefficient (Wildman–Crippen LogP) is 0.465. The number of carbonyl (C=O) groups is 1. The first kappa shape index (κ1) is 13.4. The van der Waals surface area contributed by atoms with Crippen LogP contribution >= 0.6 is 0 Å². The van der Waals surface area contributed by atoms with Gasteiger partial charge in [-0.15, -0.1) is 0 Å². The van der Waals surface area contributed by atoms with E-state index in [4.69, 9.17) is 5.73 Å². The van der Waals surface area contributed by atoms with Crippen LogP contribution in [0.5, 0.6) is 0 Å². The predicted molar refractivity (Wildman–Crippen MR) is 62.4 cm³/mol. The molecule has 0 aliphatic carbocycles. The Morgan fingerprint density at radius 3 is 2.18 bits per heavy atom. The molecule has 94 valence electrons. The molecule has 1 atom stereocenters. The van der Waals surface area contributed by atoms with Crippen molar-refractivity contribution in [1.29, 1.82) is 0 Å². The van der Waals surface area contributed by atoms with Crippen LogP contribution in [0.15, 0.2) is 24.3 Å². The molecule has 1 amide bonds. The number of nitrogens with two attached hydrogens (primary N) is 1. The zero-order valence-electron chi connectivity index (χ0n) is 9.42. The molecule has 0 saturated carbocycles. The summed E-state index contributed by atoms with van der Waals surface area (Å²) in [6.45, 7) is 1.37. The number of carbonyl (C=O) groups excluding carboxylic acids is 1. The molecule has 1 unspecified atom stereocenters. The molecule has 0 bridgehead atoms. The van der Waals surface area contributed by atoms with E-state index < -0.39 is 27.8 Å². The highest BCUT2D eigenvalue weighted by atomic mass is 32.2. The Bertz CT molecular complexity index is 513. The van der Waals surface area contributed by atoms with Crippen molar-refractivity contribution in [2.45, 2.75) is 13.0 Å². The molecular weight excluding hydrogens is 247 g/mol. The van der Waals surface area contributed by atoms with Gasteiger partial charge in [-0.2, -0.15) is 0 Å². The van der Waals surface area contributed by atoms with Crippen molar-refractivity contribution >= 4 is 21.6 Å². The molecule has 0 heterocycles. The monoisotopic (exact) mass is 260 g/mol. The van der Waals surface area contributed by atoms with Crippen LogP contribution in [0, 0.1) is 5.82 Å². The van der Waals surface area contributed by atoms with Gasteiger partial charge in [0.2, 0.25) is 15.9 Å². The molecule has 2 N–H and O–H groups in total. The number of rotatable bonds is 4. The third-order valence-electron chi connectivity index (χ3n) is 2.20. The quantitative estimate of drug-likeness (QED) is 0.854. The van der Waals surface area contributed by atoms with Crippen LogP contribution in [0.1, 0.15) is 6.92 Å². The lowest BCUT2D eigenvalue weighted by molar-refractivity contribution is -0.118. The third kappa shape index (κ3) is 3.16. The van der Waals surface area contributed by atoms with E-state index in [1.54, 1.807) is 0 Å². The van der Waals surface area contributed by atoms with Crippen molar-refractivity contribution in [3.05, 3.63) is 30.1 Å². The largest absolute Gasteiger partial charge is 0.368 e. The van der Waals surface area contributed by atoms with Gasteiger partial charge >= 0.3 is 0 Å². The van der Waals surface area contributed by atoms with E-state index in [1.165, 1.54) is 19.1 Å². The number of hydrogen-bond acceptors (Lipinski definition) is 3. The van der Waals surface area contributed by atoms with E-state index in [0.717, 1.165) is 22.7 Å². The maximum Gasteiger partial charge on any atom is 0.241 e. The lowest BCUT2D eigenvalue weighted by Crippen LogP contribution is -2.45. The molecule has 7 heteroatoms. The van der Waals surface area contributed by atoms with Crippen LogP contribution in [0.3, 0.4) is 0 Å². The van der Waals surface area contributed by atoms with E-state index in [1.807, 2.05) is 0 Å². The molecule has 0 aromatic heterocycles. The highest BCUT2D eigenvalue weighted by Crippen LogP contribution is 2.20. The minimum absolute atomic E-state index is 0.195. The summed E-state index contributed by atoms with van der Waals surface area (Å²) in [6.07, 6.45) is 0.954. The van der Waals surface area contributed by atoms with E-state index in [-0.39, 0.29) is 5.69 Å². The fraction of sp³-hybridized carbons (Fsp3) is 0.300. The number of primary amides is 1. The first-order valence-corrected chi connectivity index (χ1v) is 6.62. The zero-order valence-corrected chi connectivity index (χ0v) is 10.2. The zero-order chi connectivity index (χ0) is 13.2. The molecule has 0 aliphatic heterocycles. The van der Waals surface area contributed by atoms with E-state index in [0.29, 0.717) is 0 Å². The second-order valence-electron chi connectivity index (χ2n) is 3.61. The van der Waals surface area contributed by atoms with E-state index in [2.05, 4.69) is 0 Å². The van der Waals surface area contributed by atoms with Gasteiger partial charge in [0.15, 0.2) is 0 Å². The van der Waals surface area contributed by atoms with Gasteiger partial charge in [-0.25, -0.2) is 12.8 Å². The Hall–Kier alpha value is -1.63. The summed E-state index contributed by atoms with van der Waals surface area (Å²) in [7, 11) is -3.67. The van der Waals surface area contributed by atoms with Crippen LogP contribution < -0.4 is 10.0 Å². The molecule has 1 aromatic carbocycles. The van der Waals surface area contributed by atoms with Crippen LogP contribution in [0.4, 0.5) is 10.1 Å². The Labute approximate surface area is 99.1 Å². The smallest absolute Gasteiger partial charge is 0.241 e. The number of anilines is 1.